The van der Waals surface area contributed by atoms with Crippen molar-refractivity contribution in [2.24, 2.45) is 5.84 Å². The summed E-state index contributed by atoms with van der Waals surface area (Å²) in [6.07, 6.45) is 0.769. The standard InChI is InChI=1S/C16H18Cl2N2S/c1-11-4-2-3-5-16(11)21-10-14(20-19)8-12-6-7-13(17)9-15(12)18/h2-7,9,14,20H,8,10,19H2,1H3. The number of benzene rings is 2. The van der Waals surface area contributed by atoms with Crippen molar-refractivity contribution in [3.63, 3.8) is 0 Å². The van der Waals surface area contributed by atoms with Crippen molar-refractivity contribution in [1.29, 1.82) is 0 Å². The fourth-order valence-corrected chi connectivity index (χ4v) is 3.58. The van der Waals surface area contributed by atoms with Crippen molar-refractivity contribution in [3.05, 3.63) is 63.6 Å². The molecule has 0 aliphatic rings. The Labute approximate surface area is 140 Å². The lowest BCUT2D eigenvalue weighted by Crippen LogP contribution is -2.38. The topological polar surface area (TPSA) is 38.0 Å². The number of nitrogens with two attached hydrogens (primary N) is 1. The van der Waals surface area contributed by atoms with Gasteiger partial charge >= 0.3 is 0 Å². The van der Waals surface area contributed by atoms with Gasteiger partial charge in [0.1, 0.15) is 0 Å². The zero-order chi connectivity index (χ0) is 15.2. The molecule has 0 amide bonds. The molecule has 0 bridgehead atoms. The van der Waals surface area contributed by atoms with Gasteiger partial charge in [0.25, 0.3) is 0 Å². The molecule has 3 N–H and O–H groups in total. The number of aryl methyl sites for hydroxylation is 1. The van der Waals surface area contributed by atoms with Crippen LogP contribution in [-0.4, -0.2) is 11.8 Å². The van der Waals surface area contributed by atoms with Gasteiger partial charge in [0.2, 0.25) is 0 Å². The average molecular weight is 341 g/mol. The molecule has 2 aromatic rings. The highest BCUT2D eigenvalue weighted by molar-refractivity contribution is 7.99. The van der Waals surface area contributed by atoms with E-state index in [1.807, 2.05) is 18.2 Å². The van der Waals surface area contributed by atoms with E-state index in [0.717, 1.165) is 17.7 Å². The zero-order valence-electron chi connectivity index (χ0n) is 11.8. The number of hydrogen-bond acceptors (Lipinski definition) is 3. The van der Waals surface area contributed by atoms with Crippen LogP contribution in [0.2, 0.25) is 10.0 Å². The fraction of sp³-hybridized carbons (Fsp3) is 0.250. The molecule has 0 heterocycles. The maximum absolute atomic E-state index is 6.21. The normalized spacial score (nSPS) is 12.4. The largest absolute Gasteiger partial charge is 0.271 e. The number of hydrazine groups is 1. The van der Waals surface area contributed by atoms with Gasteiger partial charge in [-0.3, -0.25) is 11.3 Å². The van der Waals surface area contributed by atoms with E-state index in [1.54, 1.807) is 17.8 Å². The zero-order valence-corrected chi connectivity index (χ0v) is 14.1. The summed E-state index contributed by atoms with van der Waals surface area (Å²) in [7, 11) is 0. The van der Waals surface area contributed by atoms with E-state index >= 15 is 0 Å². The lowest BCUT2D eigenvalue weighted by Gasteiger charge is -2.17. The lowest BCUT2D eigenvalue weighted by atomic mass is 10.1. The van der Waals surface area contributed by atoms with Crippen LogP contribution >= 0.6 is 35.0 Å². The Balaban J connectivity index is 1.99. The highest BCUT2D eigenvalue weighted by atomic mass is 35.5. The summed E-state index contributed by atoms with van der Waals surface area (Å²) >= 11 is 13.9. The van der Waals surface area contributed by atoms with Crippen LogP contribution in [0, 0.1) is 6.92 Å². The minimum atomic E-state index is 0.147. The Morgan fingerprint density at radius 2 is 1.95 bits per heavy atom. The van der Waals surface area contributed by atoms with Crippen molar-refractivity contribution in [2.75, 3.05) is 5.75 Å². The first-order chi connectivity index (χ1) is 10.1. The first-order valence-electron chi connectivity index (χ1n) is 6.68. The average Bonchev–Trinajstić information content (AvgIpc) is 2.47. The van der Waals surface area contributed by atoms with Gasteiger partial charge in [-0.15, -0.1) is 11.8 Å². The van der Waals surface area contributed by atoms with E-state index in [0.29, 0.717) is 10.0 Å². The van der Waals surface area contributed by atoms with E-state index in [9.17, 15) is 0 Å². The van der Waals surface area contributed by atoms with Crippen molar-refractivity contribution >= 4 is 35.0 Å². The quantitative estimate of drug-likeness (QED) is 0.463. The minimum absolute atomic E-state index is 0.147. The Hall–Kier alpha value is -0.710. The summed E-state index contributed by atoms with van der Waals surface area (Å²) in [6.45, 7) is 2.11. The van der Waals surface area contributed by atoms with Gasteiger partial charge < -0.3 is 0 Å². The van der Waals surface area contributed by atoms with Crippen molar-refractivity contribution in [1.82, 2.24) is 5.43 Å². The Morgan fingerprint density at radius 1 is 1.19 bits per heavy atom. The third-order valence-electron chi connectivity index (χ3n) is 3.25. The second kappa shape index (κ2) is 8.06. The van der Waals surface area contributed by atoms with Gasteiger partial charge in [-0.2, -0.15) is 0 Å². The van der Waals surface area contributed by atoms with E-state index in [1.165, 1.54) is 10.5 Å². The van der Waals surface area contributed by atoms with Gasteiger partial charge in [-0.05, 0) is 42.7 Å². The summed E-state index contributed by atoms with van der Waals surface area (Å²) in [6, 6.07) is 14.1. The minimum Gasteiger partial charge on any atom is -0.271 e. The molecule has 1 unspecified atom stereocenters. The molecule has 0 fully saturated rings. The van der Waals surface area contributed by atoms with Crippen LogP contribution < -0.4 is 11.3 Å². The third kappa shape index (κ3) is 4.90. The monoisotopic (exact) mass is 340 g/mol. The number of halogens is 2. The van der Waals surface area contributed by atoms with Crippen molar-refractivity contribution in [2.45, 2.75) is 24.3 Å². The second-order valence-electron chi connectivity index (χ2n) is 4.88. The Morgan fingerprint density at radius 3 is 2.62 bits per heavy atom. The summed E-state index contributed by atoms with van der Waals surface area (Å²) in [5.74, 6) is 6.55. The number of thioether (sulfide) groups is 1. The smallest absolute Gasteiger partial charge is 0.0453 e. The highest BCUT2D eigenvalue weighted by Gasteiger charge is 2.12. The SMILES string of the molecule is Cc1ccccc1SCC(Cc1ccc(Cl)cc1Cl)NN. The maximum Gasteiger partial charge on any atom is 0.0453 e. The van der Waals surface area contributed by atoms with Crippen molar-refractivity contribution in [3.8, 4) is 0 Å². The summed E-state index contributed by atoms with van der Waals surface area (Å²) < 4.78 is 0. The van der Waals surface area contributed by atoms with Crippen LogP contribution in [0.5, 0.6) is 0 Å². The molecule has 0 aromatic heterocycles. The van der Waals surface area contributed by atoms with Crippen LogP contribution in [0.3, 0.4) is 0 Å². The van der Waals surface area contributed by atoms with Crippen LogP contribution in [0.1, 0.15) is 11.1 Å². The molecular weight excluding hydrogens is 323 g/mol. The van der Waals surface area contributed by atoms with Gasteiger partial charge in [-0.25, -0.2) is 0 Å². The number of rotatable bonds is 6. The molecule has 0 saturated heterocycles. The van der Waals surface area contributed by atoms with E-state index in [-0.39, 0.29) is 6.04 Å². The molecule has 112 valence electrons. The van der Waals surface area contributed by atoms with Crippen molar-refractivity contribution < 1.29 is 0 Å². The first-order valence-corrected chi connectivity index (χ1v) is 8.43. The van der Waals surface area contributed by atoms with Crippen LogP contribution in [0.15, 0.2) is 47.4 Å². The predicted molar refractivity (Wildman–Crippen MR) is 93.2 cm³/mol. The molecule has 5 heteroatoms. The van der Waals surface area contributed by atoms with Gasteiger partial charge in [-0.1, -0.05) is 47.5 Å². The number of hydrogen-bond donors (Lipinski definition) is 2. The molecule has 0 aliphatic heterocycles. The first kappa shape index (κ1) is 16.7. The van der Waals surface area contributed by atoms with Crippen LogP contribution in [0.25, 0.3) is 0 Å². The van der Waals surface area contributed by atoms with E-state index < -0.39 is 0 Å². The molecule has 2 aromatic carbocycles. The molecule has 0 aliphatic carbocycles. The summed E-state index contributed by atoms with van der Waals surface area (Å²) in [4.78, 5) is 1.28. The van der Waals surface area contributed by atoms with E-state index in [4.69, 9.17) is 29.0 Å². The lowest BCUT2D eigenvalue weighted by molar-refractivity contribution is 0.575. The van der Waals surface area contributed by atoms with E-state index in [2.05, 4.69) is 30.5 Å². The molecule has 2 rings (SSSR count). The molecule has 1 atom stereocenters. The van der Waals surface area contributed by atoms with Gasteiger partial charge in [0.15, 0.2) is 0 Å². The Kier molecular flexibility index (Phi) is 6.40. The fourth-order valence-electron chi connectivity index (χ4n) is 2.03. The predicted octanol–water partition coefficient (Wildman–Crippen LogP) is 4.47. The van der Waals surface area contributed by atoms with Crippen LogP contribution in [0.4, 0.5) is 0 Å². The Bertz CT molecular complexity index is 605. The maximum atomic E-state index is 6.21. The molecule has 21 heavy (non-hydrogen) atoms. The molecule has 0 radical (unpaired) electrons. The van der Waals surface area contributed by atoms with Crippen LogP contribution in [-0.2, 0) is 6.42 Å². The molecule has 0 saturated carbocycles. The molecule has 0 spiro atoms. The molecular formula is C16H18Cl2N2S. The molecule has 2 nitrogen and oxygen atoms in total. The third-order valence-corrected chi connectivity index (χ3v) is 5.18. The van der Waals surface area contributed by atoms with Gasteiger partial charge in [0.05, 0.1) is 0 Å². The summed E-state index contributed by atoms with van der Waals surface area (Å²) in [5.41, 5.74) is 5.20. The highest BCUT2D eigenvalue weighted by Crippen LogP contribution is 2.25. The number of nitrogens with one attached hydrogen (secondary N) is 1. The second-order valence-corrected chi connectivity index (χ2v) is 6.79. The summed E-state index contributed by atoms with van der Waals surface area (Å²) in [5, 5.41) is 1.33. The van der Waals surface area contributed by atoms with Gasteiger partial charge in [0, 0.05) is 26.7 Å².